The van der Waals surface area contributed by atoms with Crippen molar-refractivity contribution in [3.05, 3.63) is 150 Å². The molecule has 5 unspecified atom stereocenters. The monoisotopic (exact) mass is 707 g/mol. The van der Waals surface area contributed by atoms with E-state index in [2.05, 4.69) is 160 Å². The molecule has 4 fully saturated rings. The van der Waals surface area contributed by atoms with Gasteiger partial charge in [-0.15, -0.1) is 0 Å². The van der Waals surface area contributed by atoms with Crippen LogP contribution in [0.1, 0.15) is 88.5 Å². The molecule has 53 heavy (non-hydrogen) atoms. The van der Waals surface area contributed by atoms with Gasteiger partial charge in [0.15, 0.2) is 0 Å². The third kappa shape index (κ3) is 4.51. The van der Waals surface area contributed by atoms with Gasteiger partial charge in [0.25, 0.3) is 0 Å². The molecule has 6 aromatic rings. The highest BCUT2D eigenvalue weighted by Gasteiger charge is 2.65. The number of fused-ring (bicyclic) bond motifs is 4. The molecule has 1 spiro atoms. The van der Waals surface area contributed by atoms with Gasteiger partial charge in [-0.1, -0.05) is 137 Å². The quantitative estimate of drug-likeness (QED) is 0.179. The van der Waals surface area contributed by atoms with Crippen LogP contribution in [0.2, 0.25) is 0 Å². The van der Waals surface area contributed by atoms with Crippen LogP contribution in [0.15, 0.2) is 137 Å². The zero-order valence-electron chi connectivity index (χ0n) is 31.5. The van der Waals surface area contributed by atoms with Crippen LogP contribution in [-0.4, -0.2) is 0 Å². The average molecular weight is 708 g/mol. The van der Waals surface area contributed by atoms with Crippen molar-refractivity contribution in [1.82, 2.24) is 0 Å². The Bertz CT molecular complexity index is 2430. The van der Waals surface area contributed by atoms with Crippen LogP contribution in [0.4, 0.5) is 17.1 Å². The van der Waals surface area contributed by atoms with Crippen LogP contribution in [0.25, 0.3) is 21.9 Å². The number of hydrogen-bond acceptors (Lipinski definition) is 2. The molecule has 2 heteroatoms. The van der Waals surface area contributed by atoms with E-state index >= 15 is 0 Å². The number of rotatable bonds is 4. The van der Waals surface area contributed by atoms with Crippen LogP contribution < -0.4 is 4.90 Å². The topological polar surface area (TPSA) is 3.24 Å². The number of benzene rings is 6. The fourth-order valence-corrected chi connectivity index (χ4v) is 13.8. The van der Waals surface area contributed by atoms with Crippen molar-refractivity contribution in [3.63, 3.8) is 0 Å². The second-order valence-electron chi connectivity index (χ2n) is 18.4. The first-order valence-electron chi connectivity index (χ1n) is 20.2. The fraction of sp³-hybridized carbons (Fsp3) is 0.333. The van der Waals surface area contributed by atoms with Crippen LogP contribution in [0.3, 0.4) is 0 Å². The first-order valence-corrected chi connectivity index (χ1v) is 21.0. The molecule has 1 aliphatic heterocycles. The Morgan fingerprint density at radius 2 is 1.28 bits per heavy atom. The van der Waals surface area contributed by atoms with Crippen molar-refractivity contribution >= 4 is 39.6 Å². The maximum Gasteiger partial charge on any atom is 0.0604 e. The van der Waals surface area contributed by atoms with E-state index in [-0.39, 0.29) is 16.2 Å². The zero-order valence-corrected chi connectivity index (χ0v) is 32.3. The Morgan fingerprint density at radius 1 is 0.585 bits per heavy atom. The summed E-state index contributed by atoms with van der Waals surface area (Å²) in [7, 11) is 0. The molecule has 4 saturated carbocycles. The van der Waals surface area contributed by atoms with E-state index in [1.807, 2.05) is 11.8 Å². The normalized spacial score (nSPS) is 26.7. The molecule has 264 valence electrons. The second-order valence-corrected chi connectivity index (χ2v) is 19.4. The molecular formula is C51H49NS. The van der Waals surface area contributed by atoms with Crippen LogP contribution in [0.5, 0.6) is 0 Å². The van der Waals surface area contributed by atoms with Crippen LogP contribution in [0, 0.1) is 23.7 Å². The smallest absolute Gasteiger partial charge is 0.0604 e. The van der Waals surface area contributed by atoms with Crippen molar-refractivity contribution in [2.45, 2.75) is 92.3 Å². The molecule has 0 aromatic heterocycles. The van der Waals surface area contributed by atoms with Crippen molar-refractivity contribution in [3.8, 4) is 11.1 Å². The molecule has 12 rings (SSSR count). The Labute approximate surface area is 319 Å². The van der Waals surface area contributed by atoms with E-state index in [0.717, 1.165) is 23.7 Å². The Hall–Kier alpha value is -4.27. The van der Waals surface area contributed by atoms with Crippen molar-refractivity contribution in [2.24, 2.45) is 23.7 Å². The Balaban J connectivity index is 1.15. The molecule has 0 amide bonds. The highest BCUT2D eigenvalue weighted by molar-refractivity contribution is 7.99. The van der Waals surface area contributed by atoms with E-state index in [4.69, 9.17) is 0 Å². The van der Waals surface area contributed by atoms with E-state index in [0.29, 0.717) is 0 Å². The summed E-state index contributed by atoms with van der Waals surface area (Å²) in [5.74, 6) is 3.29. The summed E-state index contributed by atoms with van der Waals surface area (Å²) in [6.07, 6.45) is 8.03. The van der Waals surface area contributed by atoms with Gasteiger partial charge in [-0.25, -0.2) is 0 Å². The third-order valence-corrected chi connectivity index (χ3v) is 16.0. The van der Waals surface area contributed by atoms with Gasteiger partial charge in [0.2, 0.25) is 0 Å². The molecule has 6 aliphatic rings. The van der Waals surface area contributed by atoms with Gasteiger partial charge in [0.05, 0.1) is 11.4 Å². The van der Waals surface area contributed by atoms with Crippen LogP contribution in [-0.2, 0) is 16.2 Å². The molecule has 0 radical (unpaired) electrons. The number of nitrogens with zero attached hydrogens (tertiary/aromatic N) is 1. The first kappa shape index (κ1) is 32.2. The minimum Gasteiger partial charge on any atom is -0.309 e. The molecule has 4 bridgehead atoms. The van der Waals surface area contributed by atoms with Gasteiger partial charge >= 0.3 is 0 Å². The Kier molecular flexibility index (Phi) is 6.91. The largest absolute Gasteiger partial charge is 0.309 e. The lowest BCUT2D eigenvalue weighted by Gasteiger charge is -2.50. The lowest BCUT2D eigenvalue weighted by atomic mass is 9.57. The molecule has 6 aromatic carbocycles. The highest BCUT2D eigenvalue weighted by atomic mass is 32.2. The second kappa shape index (κ2) is 11.4. The fourth-order valence-electron chi connectivity index (χ4n) is 12.5. The van der Waals surface area contributed by atoms with Gasteiger partial charge in [0, 0.05) is 20.9 Å². The van der Waals surface area contributed by atoms with Crippen molar-refractivity contribution in [2.75, 3.05) is 4.90 Å². The minimum absolute atomic E-state index is 0.0574. The van der Waals surface area contributed by atoms with E-state index in [9.17, 15) is 0 Å². The molecule has 0 N–H and O–H groups in total. The summed E-state index contributed by atoms with van der Waals surface area (Å²) < 4.78 is 0. The molecule has 5 atom stereocenters. The zero-order chi connectivity index (χ0) is 35.7. The van der Waals surface area contributed by atoms with E-state index in [1.165, 1.54) is 98.4 Å². The van der Waals surface area contributed by atoms with Crippen molar-refractivity contribution in [1.29, 1.82) is 0 Å². The van der Waals surface area contributed by atoms with Gasteiger partial charge in [-0.2, -0.15) is 0 Å². The SMILES string of the molecule is CC1(C)CCC(C)(C)c2c(N(c3ccc(-c4cccc5ccccc45)cc3)c3cccc4c3Sc3ccccc3C43C4CC5CC(C4)C3C5)cccc21. The van der Waals surface area contributed by atoms with Crippen molar-refractivity contribution < 1.29 is 0 Å². The molecular weight excluding hydrogens is 659 g/mol. The molecule has 1 nitrogen and oxygen atoms in total. The predicted molar refractivity (Wildman–Crippen MR) is 223 cm³/mol. The number of hydrogen-bond donors (Lipinski definition) is 0. The summed E-state index contributed by atoms with van der Waals surface area (Å²) >= 11 is 2.04. The molecule has 5 aliphatic carbocycles. The van der Waals surface area contributed by atoms with E-state index < -0.39 is 0 Å². The summed E-state index contributed by atoms with van der Waals surface area (Å²) in [6.45, 7) is 9.88. The summed E-state index contributed by atoms with van der Waals surface area (Å²) in [6, 6.07) is 49.1. The summed E-state index contributed by atoms with van der Waals surface area (Å²) in [4.78, 5) is 5.63. The standard InChI is InChI=1S/C51H49NS/c1-49(2)26-27-50(3,4)47-41(49)17-10-19-44(47)52(37-24-22-34(23-25-37)39-15-9-13-33-12-5-6-14-38(33)39)45-20-11-18-42-48(45)53-46-21-8-7-16-40(46)51(42)36-29-32-28-35(31-36)43(51)30-32/h5-25,32,35-36,43H,26-31H2,1-4H3. The van der Waals surface area contributed by atoms with Gasteiger partial charge in [-0.05, 0) is 148 Å². The molecule has 0 saturated heterocycles. The predicted octanol–water partition coefficient (Wildman–Crippen LogP) is 14.1. The Morgan fingerprint density at radius 3 is 2.13 bits per heavy atom. The third-order valence-electron chi connectivity index (χ3n) is 14.7. The van der Waals surface area contributed by atoms with Gasteiger partial charge < -0.3 is 4.90 Å². The summed E-state index contributed by atoms with van der Waals surface area (Å²) in [5, 5.41) is 2.59. The summed E-state index contributed by atoms with van der Waals surface area (Å²) in [5.41, 5.74) is 13.0. The maximum atomic E-state index is 2.67. The van der Waals surface area contributed by atoms with Crippen LogP contribution >= 0.6 is 11.8 Å². The van der Waals surface area contributed by atoms with Gasteiger partial charge in [-0.3, -0.25) is 0 Å². The maximum absolute atomic E-state index is 2.67. The first-order chi connectivity index (χ1) is 25.7. The molecule has 1 heterocycles. The lowest BCUT2D eigenvalue weighted by Crippen LogP contribution is -2.44. The van der Waals surface area contributed by atoms with E-state index in [1.54, 1.807) is 11.1 Å². The average Bonchev–Trinajstić information content (AvgIpc) is 3.59. The minimum atomic E-state index is 0.0574. The highest BCUT2D eigenvalue weighted by Crippen LogP contribution is 2.73. The lowest BCUT2D eigenvalue weighted by molar-refractivity contribution is 0.181. The number of anilines is 3. The van der Waals surface area contributed by atoms with Gasteiger partial charge in [0.1, 0.15) is 0 Å².